The third-order valence-corrected chi connectivity index (χ3v) is 6.08. The van der Waals surface area contributed by atoms with Gasteiger partial charge in [-0.1, -0.05) is 20.8 Å². The minimum atomic E-state index is -1.35. The average molecular weight is 442 g/mol. The fraction of sp³-hybridized carbons (Fsp3) is 0.700. The zero-order valence-corrected chi connectivity index (χ0v) is 18.4. The summed E-state index contributed by atoms with van der Waals surface area (Å²) in [5.41, 5.74) is 1.05. The van der Waals surface area contributed by atoms with E-state index in [1.165, 1.54) is 6.92 Å². The Morgan fingerprint density at radius 3 is 2.67 bits per heavy atom. The monoisotopic (exact) mass is 441 g/mol. The van der Waals surface area contributed by atoms with E-state index in [4.69, 9.17) is 9.47 Å². The predicted molar refractivity (Wildman–Crippen MR) is 114 cm³/mol. The number of thioether (sulfide) groups is 1. The standard InChI is InChI=1S/C20H31N3O6S/c1-10(25)22-15-17(27)16(26)13(8-24)29-18(15)28-11-5-6-12-14(7-11)30-19(23-12)21-9-20(2,3)4/h5-7,13-19,21,24,26-27H,8-9H2,1-4H3,(H,22,25)/t13?,14?,15?,16-,17?,18-,19?/m1/s1. The Labute approximate surface area is 180 Å². The third kappa shape index (κ3) is 5.63. The number of hydrogen-bond donors (Lipinski definition) is 5. The van der Waals surface area contributed by atoms with Gasteiger partial charge in [0.1, 0.15) is 35.6 Å². The highest BCUT2D eigenvalue weighted by molar-refractivity contribution is 8.01. The summed E-state index contributed by atoms with van der Waals surface area (Å²) >= 11 is 1.66. The molecule has 0 saturated carbocycles. The molecule has 2 heterocycles. The fourth-order valence-corrected chi connectivity index (χ4v) is 4.49. The van der Waals surface area contributed by atoms with Crippen molar-refractivity contribution in [2.24, 2.45) is 10.4 Å². The molecule has 0 radical (unpaired) electrons. The van der Waals surface area contributed by atoms with Crippen molar-refractivity contribution in [1.29, 1.82) is 0 Å². The molecule has 0 aromatic heterocycles. The number of nitrogens with one attached hydrogen (secondary N) is 2. The van der Waals surface area contributed by atoms with E-state index in [0.717, 1.165) is 12.3 Å². The van der Waals surface area contributed by atoms with Crippen LogP contribution in [0, 0.1) is 5.41 Å². The molecule has 0 aromatic rings. The van der Waals surface area contributed by atoms with Gasteiger partial charge >= 0.3 is 0 Å². The number of hydrogen-bond acceptors (Lipinski definition) is 9. The zero-order valence-electron chi connectivity index (χ0n) is 17.6. The van der Waals surface area contributed by atoms with Crippen LogP contribution in [0.15, 0.2) is 29.0 Å². The maximum absolute atomic E-state index is 11.6. The largest absolute Gasteiger partial charge is 0.463 e. The molecule has 0 aromatic carbocycles. The lowest BCUT2D eigenvalue weighted by Gasteiger charge is -2.42. The number of allylic oxidation sites excluding steroid dienone is 2. The average Bonchev–Trinajstić information content (AvgIpc) is 3.07. The lowest BCUT2D eigenvalue weighted by Crippen LogP contribution is -2.64. The van der Waals surface area contributed by atoms with Gasteiger partial charge in [0, 0.05) is 13.5 Å². The first-order chi connectivity index (χ1) is 14.1. The van der Waals surface area contributed by atoms with Crippen LogP contribution in [0.4, 0.5) is 0 Å². The summed E-state index contributed by atoms with van der Waals surface area (Å²) in [6.45, 7) is 8.12. The molecule has 5 unspecified atom stereocenters. The zero-order chi connectivity index (χ0) is 22.1. The summed E-state index contributed by atoms with van der Waals surface area (Å²) in [5, 5.41) is 35.9. The number of fused-ring (bicyclic) bond motifs is 1. The Kier molecular flexibility index (Phi) is 7.26. The van der Waals surface area contributed by atoms with Gasteiger partial charge < -0.3 is 30.1 Å². The predicted octanol–water partition coefficient (Wildman–Crippen LogP) is -0.124. The summed E-state index contributed by atoms with van der Waals surface area (Å²) in [6, 6.07) is -0.984. The second kappa shape index (κ2) is 9.37. The molecule has 9 nitrogen and oxygen atoms in total. The number of aliphatic imine (C=N–C) groups is 1. The van der Waals surface area contributed by atoms with Gasteiger partial charge in [0.15, 0.2) is 0 Å². The van der Waals surface area contributed by atoms with Crippen LogP contribution in [-0.2, 0) is 14.3 Å². The summed E-state index contributed by atoms with van der Waals surface area (Å²) in [7, 11) is 0. The molecule has 2 aliphatic heterocycles. The molecule has 1 amide bonds. The highest BCUT2D eigenvalue weighted by Gasteiger charge is 2.46. The van der Waals surface area contributed by atoms with Crippen molar-refractivity contribution in [3.05, 3.63) is 24.0 Å². The third-order valence-electron chi connectivity index (χ3n) is 4.88. The molecule has 0 spiro atoms. The van der Waals surface area contributed by atoms with Crippen LogP contribution >= 0.6 is 11.8 Å². The van der Waals surface area contributed by atoms with Gasteiger partial charge in [0.05, 0.1) is 17.6 Å². The number of carbonyl (C=O) groups excluding carboxylic acids is 1. The van der Waals surface area contributed by atoms with Gasteiger partial charge in [-0.25, -0.2) is 0 Å². The van der Waals surface area contributed by atoms with E-state index >= 15 is 0 Å². The van der Waals surface area contributed by atoms with E-state index in [2.05, 4.69) is 36.4 Å². The Morgan fingerprint density at radius 2 is 2.03 bits per heavy atom. The Bertz CT molecular complexity index is 735. The van der Waals surface area contributed by atoms with Crippen molar-refractivity contribution in [1.82, 2.24) is 10.6 Å². The van der Waals surface area contributed by atoms with Crippen molar-refractivity contribution in [2.45, 2.75) is 69.1 Å². The minimum absolute atomic E-state index is 0.00873. The first-order valence-corrected chi connectivity index (χ1v) is 10.9. The van der Waals surface area contributed by atoms with Crippen LogP contribution in [0.2, 0.25) is 0 Å². The van der Waals surface area contributed by atoms with E-state index in [-0.39, 0.29) is 16.2 Å². The van der Waals surface area contributed by atoms with E-state index < -0.39 is 43.2 Å². The highest BCUT2D eigenvalue weighted by atomic mass is 32.2. The Balaban J connectivity index is 1.67. The molecular weight excluding hydrogens is 410 g/mol. The van der Waals surface area contributed by atoms with Crippen molar-refractivity contribution >= 4 is 23.4 Å². The highest BCUT2D eigenvalue weighted by Crippen LogP contribution is 2.33. The van der Waals surface area contributed by atoms with Crippen LogP contribution in [-0.4, -0.2) is 81.5 Å². The topological polar surface area (TPSA) is 133 Å². The van der Waals surface area contributed by atoms with E-state index in [0.29, 0.717) is 5.76 Å². The molecule has 0 bridgehead atoms. The second-order valence-corrected chi connectivity index (χ2v) is 10.1. The molecule has 30 heavy (non-hydrogen) atoms. The molecule has 5 N–H and O–H groups in total. The van der Waals surface area contributed by atoms with E-state index in [1.807, 2.05) is 12.2 Å². The van der Waals surface area contributed by atoms with Crippen LogP contribution in [0.25, 0.3) is 0 Å². The minimum Gasteiger partial charge on any atom is -0.463 e. The van der Waals surface area contributed by atoms with Crippen molar-refractivity contribution in [2.75, 3.05) is 13.2 Å². The number of aliphatic hydroxyl groups excluding tert-OH is 3. The van der Waals surface area contributed by atoms with Gasteiger partial charge in [-0.3, -0.25) is 15.1 Å². The summed E-state index contributed by atoms with van der Waals surface area (Å²) in [4.78, 5) is 16.2. The van der Waals surface area contributed by atoms with Crippen LogP contribution < -0.4 is 10.6 Å². The van der Waals surface area contributed by atoms with Crippen LogP contribution in [0.5, 0.6) is 0 Å². The van der Waals surface area contributed by atoms with Crippen LogP contribution in [0.1, 0.15) is 27.7 Å². The molecule has 3 rings (SSSR count). The van der Waals surface area contributed by atoms with Crippen molar-refractivity contribution in [3.8, 4) is 0 Å². The number of aliphatic hydroxyl groups is 3. The molecule has 168 valence electrons. The second-order valence-electron chi connectivity index (χ2n) is 8.86. The maximum atomic E-state index is 11.6. The van der Waals surface area contributed by atoms with Crippen LogP contribution in [0.3, 0.4) is 0 Å². The quantitative estimate of drug-likeness (QED) is 0.385. The maximum Gasteiger partial charge on any atom is 0.223 e. The van der Waals surface area contributed by atoms with Gasteiger partial charge in [-0.2, -0.15) is 0 Å². The molecule has 1 aliphatic carbocycles. The van der Waals surface area contributed by atoms with E-state index in [1.54, 1.807) is 17.8 Å². The molecule has 1 fully saturated rings. The normalized spacial score (nSPS) is 36.0. The molecule has 3 aliphatic rings. The van der Waals surface area contributed by atoms with Gasteiger partial charge in [-0.05, 0) is 23.6 Å². The number of carbonyl (C=O) groups is 1. The molecular formula is C20H31N3O6S. The van der Waals surface area contributed by atoms with Gasteiger partial charge in [0.2, 0.25) is 12.2 Å². The molecule has 1 saturated heterocycles. The van der Waals surface area contributed by atoms with Gasteiger partial charge in [0.25, 0.3) is 0 Å². The lowest BCUT2D eigenvalue weighted by atomic mass is 9.97. The Hall–Kier alpha value is -1.43. The number of rotatable bonds is 6. The number of amides is 1. The Morgan fingerprint density at radius 1 is 1.30 bits per heavy atom. The first-order valence-electron chi connectivity index (χ1n) is 10.00. The molecule has 7 atom stereocenters. The lowest BCUT2D eigenvalue weighted by molar-refractivity contribution is -0.258. The fourth-order valence-electron chi connectivity index (χ4n) is 3.35. The smallest absolute Gasteiger partial charge is 0.223 e. The van der Waals surface area contributed by atoms with Crippen molar-refractivity contribution in [3.63, 3.8) is 0 Å². The summed E-state index contributed by atoms with van der Waals surface area (Å²) in [5.74, 6) is 0.108. The van der Waals surface area contributed by atoms with Gasteiger partial charge in [-0.15, -0.1) is 11.8 Å². The SMILES string of the molecule is CC(=O)NC1C(O)[C@H](O)C(CO)O[C@H]1OC1=CC2SC(NCC(C)(C)C)N=C2C=C1. The number of nitrogens with zero attached hydrogens (tertiary/aromatic N) is 1. The summed E-state index contributed by atoms with van der Waals surface area (Å²) in [6.07, 6.45) is 0.746. The first kappa shape index (κ1) is 23.2. The van der Waals surface area contributed by atoms with E-state index in [9.17, 15) is 20.1 Å². The summed E-state index contributed by atoms with van der Waals surface area (Å²) < 4.78 is 11.5. The van der Waals surface area contributed by atoms with Crippen molar-refractivity contribution < 1.29 is 29.6 Å². The molecule has 10 heteroatoms. The number of ether oxygens (including phenoxy) is 2.